The molecule has 0 bridgehead atoms. The highest BCUT2D eigenvalue weighted by atomic mass is 32.2. The number of nitrogens with two attached hydrogens (primary N) is 1. The Labute approximate surface area is 75.0 Å². The van der Waals surface area contributed by atoms with E-state index in [4.69, 9.17) is 10.6 Å². The molecule has 0 spiro atoms. The number of hydrogen-bond acceptors (Lipinski definition) is 4. The molecule has 0 radical (unpaired) electrons. The van der Waals surface area contributed by atoms with Crippen LogP contribution in [0.2, 0.25) is 0 Å². The fraction of sp³-hybridized carbons (Fsp3) is 0.250. The minimum atomic E-state index is 0.761. The number of hydrogen-bond donors (Lipinski definition) is 1. The molecule has 2 rings (SSSR count). The quantitative estimate of drug-likeness (QED) is 0.557. The normalized spacial score (nSPS) is 14.1. The predicted octanol–water partition coefficient (Wildman–Crippen LogP) is 1.52. The molecule has 0 saturated heterocycles. The Morgan fingerprint density at radius 3 is 3.25 bits per heavy atom. The van der Waals surface area contributed by atoms with Gasteiger partial charge in [0.2, 0.25) is 0 Å². The second-order valence-electron chi connectivity index (χ2n) is 2.52. The zero-order valence-corrected chi connectivity index (χ0v) is 7.26. The molecule has 1 aromatic carbocycles. The van der Waals surface area contributed by atoms with Gasteiger partial charge in [0.1, 0.15) is 5.75 Å². The smallest absolute Gasteiger partial charge is 0.138 e. The molecule has 4 heteroatoms. The molecule has 0 aromatic heterocycles. The van der Waals surface area contributed by atoms with Gasteiger partial charge >= 0.3 is 0 Å². The van der Waals surface area contributed by atoms with Gasteiger partial charge in [-0.15, -0.1) is 0 Å². The lowest BCUT2D eigenvalue weighted by atomic mass is 10.2. The van der Waals surface area contributed by atoms with E-state index in [1.165, 1.54) is 5.56 Å². The molecule has 0 saturated carbocycles. The Hall–Kier alpha value is -0.710. The van der Waals surface area contributed by atoms with E-state index < -0.39 is 0 Å². The molecule has 3 nitrogen and oxygen atoms in total. The fourth-order valence-electron chi connectivity index (χ4n) is 1.30. The zero-order valence-electron chi connectivity index (χ0n) is 6.45. The molecule has 1 aliphatic rings. The van der Waals surface area contributed by atoms with E-state index in [0.717, 1.165) is 35.7 Å². The SMILES string of the molecule is NOSc1cccc2c1OCC2. The fourth-order valence-corrected chi connectivity index (χ4v) is 1.81. The monoisotopic (exact) mass is 183 g/mol. The molecule has 1 aliphatic heterocycles. The van der Waals surface area contributed by atoms with E-state index in [2.05, 4.69) is 10.4 Å². The maximum absolute atomic E-state index is 5.43. The standard InChI is InChI=1S/C8H9NO2S/c9-11-12-7-3-1-2-6-4-5-10-8(6)7/h1-3H,4-5,9H2. The van der Waals surface area contributed by atoms with Crippen LogP contribution in [0.1, 0.15) is 5.56 Å². The van der Waals surface area contributed by atoms with Crippen molar-refractivity contribution in [1.29, 1.82) is 0 Å². The van der Waals surface area contributed by atoms with Crippen LogP contribution < -0.4 is 10.6 Å². The van der Waals surface area contributed by atoms with E-state index in [0.29, 0.717) is 0 Å². The Balaban J connectivity index is 2.36. The number of benzene rings is 1. The van der Waals surface area contributed by atoms with Crippen LogP contribution in [0.15, 0.2) is 23.1 Å². The molecule has 0 atom stereocenters. The van der Waals surface area contributed by atoms with Gasteiger partial charge in [0.15, 0.2) is 0 Å². The summed E-state index contributed by atoms with van der Waals surface area (Å²) in [6.07, 6.45) is 0.980. The van der Waals surface area contributed by atoms with Crippen LogP contribution in [0, 0.1) is 0 Å². The van der Waals surface area contributed by atoms with Crippen LogP contribution in [-0.4, -0.2) is 6.61 Å². The van der Waals surface area contributed by atoms with E-state index >= 15 is 0 Å². The molecule has 1 heterocycles. The zero-order chi connectivity index (χ0) is 8.39. The van der Waals surface area contributed by atoms with E-state index in [1.807, 2.05) is 12.1 Å². The van der Waals surface area contributed by atoms with Crippen LogP contribution in [0.25, 0.3) is 0 Å². The number of ether oxygens (including phenoxy) is 1. The third-order valence-corrected chi connectivity index (χ3v) is 2.41. The van der Waals surface area contributed by atoms with Crippen molar-refractivity contribution in [2.24, 2.45) is 5.90 Å². The van der Waals surface area contributed by atoms with Crippen molar-refractivity contribution < 1.29 is 9.02 Å². The maximum Gasteiger partial charge on any atom is 0.138 e. The minimum Gasteiger partial charge on any atom is -0.492 e. The first-order chi connectivity index (χ1) is 5.92. The van der Waals surface area contributed by atoms with E-state index in [1.54, 1.807) is 0 Å². The lowest BCUT2D eigenvalue weighted by molar-refractivity contribution is 0.346. The topological polar surface area (TPSA) is 44.5 Å². The lowest BCUT2D eigenvalue weighted by Crippen LogP contribution is -1.90. The molecule has 1 aromatic rings. The molecule has 2 N–H and O–H groups in total. The molecular weight excluding hydrogens is 174 g/mol. The summed E-state index contributed by atoms with van der Waals surface area (Å²) in [7, 11) is 0. The first-order valence-electron chi connectivity index (χ1n) is 3.70. The van der Waals surface area contributed by atoms with Crippen LogP contribution in [0.4, 0.5) is 0 Å². The van der Waals surface area contributed by atoms with Crippen molar-refractivity contribution >= 4 is 12.0 Å². The Kier molecular flexibility index (Phi) is 2.21. The molecule has 64 valence electrons. The summed E-state index contributed by atoms with van der Waals surface area (Å²) in [5, 5.41) is 0. The number of fused-ring (bicyclic) bond motifs is 1. The van der Waals surface area contributed by atoms with E-state index in [-0.39, 0.29) is 0 Å². The number of rotatable bonds is 2. The first kappa shape index (κ1) is 7.91. The van der Waals surface area contributed by atoms with Crippen molar-refractivity contribution in [3.8, 4) is 5.75 Å². The minimum absolute atomic E-state index is 0.761. The van der Waals surface area contributed by atoms with Crippen LogP contribution >= 0.6 is 12.0 Å². The van der Waals surface area contributed by atoms with Crippen LogP contribution in [0.3, 0.4) is 0 Å². The van der Waals surface area contributed by atoms with Gasteiger partial charge in [-0.05, 0) is 11.6 Å². The molecule has 0 fully saturated rings. The first-order valence-corrected chi connectivity index (χ1v) is 4.44. The predicted molar refractivity (Wildman–Crippen MR) is 46.8 cm³/mol. The van der Waals surface area contributed by atoms with Gasteiger partial charge in [-0.1, -0.05) is 12.1 Å². The Morgan fingerprint density at radius 1 is 1.50 bits per heavy atom. The van der Waals surface area contributed by atoms with Crippen LogP contribution in [-0.2, 0) is 10.7 Å². The molecule has 12 heavy (non-hydrogen) atoms. The summed E-state index contributed by atoms with van der Waals surface area (Å²) in [6.45, 7) is 0.761. The second kappa shape index (κ2) is 3.35. The Bertz CT molecular complexity index is 290. The highest BCUT2D eigenvalue weighted by Crippen LogP contribution is 2.35. The average Bonchev–Trinajstić information content (AvgIpc) is 2.53. The van der Waals surface area contributed by atoms with Gasteiger partial charge in [-0.25, -0.2) is 10.2 Å². The van der Waals surface area contributed by atoms with Crippen molar-refractivity contribution in [1.82, 2.24) is 0 Å². The molecule has 0 unspecified atom stereocenters. The van der Waals surface area contributed by atoms with Gasteiger partial charge in [0.25, 0.3) is 0 Å². The Morgan fingerprint density at radius 2 is 2.42 bits per heavy atom. The summed E-state index contributed by atoms with van der Waals surface area (Å²) < 4.78 is 9.92. The molecule has 0 aliphatic carbocycles. The number of para-hydroxylation sites is 1. The second-order valence-corrected chi connectivity index (χ2v) is 3.32. The molecule has 0 amide bonds. The van der Waals surface area contributed by atoms with Crippen LogP contribution in [0.5, 0.6) is 5.75 Å². The van der Waals surface area contributed by atoms with Crippen molar-refractivity contribution in [3.05, 3.63) is 23.8 Å². The van der Waals surface area contributed by atoms with Crippen molar-refractivity contribution in [2.45, 2.75) is 11.3 Å². The van der Waals surface area contributed by atoms with Crippen molar-refractivity contribution in [3.63, 3.8) is 0 Å². The van der Waals surface area contributed by atoms with Gasteiger partial charge in [-0.2, -0.15) is 0 Å². The van der Waals surface area contributed by atoms with Gasteiger partial charge in [0, 0.05) is 6.42 Å². The third kappa shape index (κ3) is 1.29. The largest absolute Gasteiger partial charge is 0.492 e. The van der Waals surface area contributed by atoms with Gasteiger partial charge < -0.3 is 4.74 Å². The highest BCUT2D eigenvalue weighted by molar-refractivity contribution is 7.94. The third-order valence-electron chi connectivity index (χ3n) is 1.82. The van der Waals surface area contributed by atoms with Crippen molar-refractivity contribution in [2.75, 3.05) is 6.61 Å². The maximum atomic E-state index is 5.43. The van der Waals surface area contributed by atoms with Gasteiger partial charge in [0.05, 0.1) is 23.5 Å². The van der Waals surface area contributed by atoms with Gasteiger partial charge in [-0.3, -0.25) is 0 Å². The van der Waals surface area contributed by atoms with E-state index in [9.17, 15) is 0 Å². The highest BCUT2D eigenvalue weighted by Gasteiger charge is 2.15. The summed E-state index contributed by atoms with van der Waals surface area (Å²) >= 11 is 1.13. The summed E-state index contributed by atoms with van der Waals surface area (Å²) in [5.41, 5.74) is 1.23. The summed E-state index contributed by atoms with van der Waals surface area (Å²) in [4.78, 5) is 0.951. The average molecular weight is 183 g/mol. The molecular formula is C8H9NO2S. The summed E-state index contributed by atoms with van der Waals surface area (Å²) in [6, 6.07) is 5.97. The lowest BCUT2D eigenvalue weighted by Gasteiger charge is -2.03. The summed E-state index contributed by atoms with van der Waals surface area (Å²) in [5.74, 6) is 5.89.